The van der Waals surface area contributed by atoms with E-state index in [2.05, 4.69) is 5.32 Å². The molecule has 0 fully saturated rings. The van der Waals surface area contributed by atoms with E-state index in [1.165, 1.54) is 0 Å². The van der Waals surface area contributed by atoms with Gasteiger partial charge in [0.2, 0.25) is 0 Å². The highest BCUT2D eigenvalue weighted by Crippen LogP contribution is 2.21. The maximum atomic E-state index is 12.2. The summed E-state index contributed by atoms with van der Waals surface area (Å²) in [7, 11) is 0. The summed E-state index contributed by atoms with van der Waals surface area (Å²) in [6.45, 7) is 5.56. The van der Waals surface area contributed by atoms with Crippen molar-refractivity contribution in [3.8, 4) is 5.75 Å². The lowest BCUT2D eigenvalue weighted by Gasteiger charge is -2.09. The van der Waals surface area contributed by atoms with Gasteiger partial charge in [-0.1, -0.05) is 17.7 Å². The zero-order chi connectivity index (χ0) is 16.7. The van der Waals surface area contributed by atoms with Gasteiger partial charge in [-0.2, -0.15) is 0 Å². The number of benzene rings is 2. The predicted octanol–water partition coefficient (Wildman–Crippen LogP) is 4.32. The van der Waals surface area contributed by atoms with E-state index in [1.807, 2.05) is 26.0 Å². The van der Waals surface area contributed by atoms with Crippen molar-refractivity contribution in [2.75, 3.05) is 25.1 Å². The number of halogens is 1. The molecule has 0 saturated carbocycles. The van der Waals surface area contributed by atoms with Crippen LogP contribution in [-0.2, 0) is 4.74 Å². The normalized spacial score (nSPS) is 10.4. The molecule has 0 aliphatic carbocycles. The van der Waals surface area contributed by atoms with Crippen molar-refractivity contribution >= 4 is 23.2 Å². The highest BCUT2D eigenvalue weighted by molar-refractivity contribution is 6.31. The fourth-order valence-corrected chi connectivity index (χ4v) is 2.12. The van der Waals surface area contributed by atoms with Gasteiger partial charge in [0, 0.05) is 22.9 Å². The summed E-state index contributed by atoms with van der Waals surface area (Å²) in [5.74, 6) is 0.519. The van der Waals surface area contributed by atoms with Gasteiger partial charge in [-0.3, -0.25) is 4.79 Å². The van der Waals surface area contributed by atoms with Crippen molar-refractivity contribution in [3.63, 3.8) is 0 Å². The van der Waals surface area contributed by atoms with Crippen LogP contribution in [0.2, 0.25) is 5.02 Å². The number of hydrogen-bond donors (Lipinski definition) is 1. The molecule has 0 saturated heterocycles. The Kier molecular flexibility index (Phi) is 6.44. The van der Waals surface area contributed by atoms with Gasteiger partial charge in [-0.15, -0.1) is 0 Å². The number of hydrogen-bond acceptors (Lipinski definition) is 3. The third-order valence-electron chi connectivity index (χ3n) is 3.25. The van der Waals surface area contributed by atoms with Crippen LogP contribution in [0.4, 0.5) is 5.69 Å². The fraction of sp³-hybridized carbons (Fsp3) is 0.278. The SMILES string of the molecule is CCOCCOc1ccc(C(=O)Nc2ccc(C)c(Cl)c2)cc1. The van der Waals surface area contributed by atoms with E-state index in [0.717, 1.165) is 5.56 Å². The minimum atomic E-state index is -0.189. The molecule has 1 amide bonds. The molecule has 0 radical (unpaired) electrons. The van der Waals surface area contributed by atoms with E-state index in [9.17, 15) is 4.79 Å². The highest BCUT2D eigenvalue weighted by Gasteiger charge is 2.07. The Morgan fingerprint density at radius 1 is 1.13 bits per heavy atom. The molecule has 0 spiro atoms. The van der Waals surface area contributed by atoms with E-state index < -0.39 is 0 Å². The Morgan fingerprint density at radius 2 is 1.87 bits per heavy atom. The van der Waals surface area contributed by atoms with Crippen molar-refractivity contribution in [3.05, 3.63) is 58.6 Å². The summed E-state index contributed by atoms with van der Waals surface area (Å²) >= 11 is 6.06. The predicted molar refractivity (Wildman–Crippen MR) is 92.6 cm³/mol. The van der Waals surface area contributed by atoms with Crippen molar-refractivity contribution in [1.82, 2.24) is 0 Å². The number of carbonyl (C=O) groups excluding carboxylic acids is 1. The van der Waals surface area contributed by atoms with E-state index in [1.54, 1.807) is 30.3 Å². The molecule has 0 aliphatic rings. The summed E-state index contributed by atoms with van der Waals surface area (Å²) in [6, 6.07) is 12.4. The Bertz CT molecular complexity index is 656. The number of anilines is 1. The second-order valence-corrected chi connectivity index (χ2v) is 5.40. The van der Waals surface area contributed by atoms with Crippen LogP contribution < -0.4 is 10.1 Å². The van der Waals surface area contributed by atoms with Crippen LogP contribution >= 0.6 is 11.6 Å². The molecule has 122 valence electrons. The maximum absolute atomic E-state index is 12.2. The Hall–Kier alpha value is -2.04. The Morgan fingerprint density at radius 3 is 2.52 bits per heavy atom. The average Bonchev–Trinajstić information content (AvgIpc) is 2.55. The van der Waals surface area contributed by atoms with Crippen molar-refractivity contribution in [1.29, 1.82) is 0 Å². The van der Waals surface area contributed by atoms with Crippen LogP contribution in [0, 0.1) is 6.92 Å². The summed E-state index contributed by atoms with van der Waals surface area (Å²) < 4.78 is 10.7. The summed E-state index contributed by atoms with van der Waals surface area (Å²) in [5.41, 5.74) is 2.19. The first kappa shape index (κ1) is 17.3. The number of carbonyl (C=O) groups is 1. The number of amides is 1. The van der Waals surface area contributed by atoms with Crippen LogP contribution in [0.5, 0.6) is 5.75 Å². The molecule has 2 aromatic rings. The van der Waals surface area contributed by atoms with Crippen LogP contribution in [0.3, 0.4) is 0 Å². The van der Waals surface area contributed by atoms with Crippen molar-refractivity contribution in [2.45, 2.75) is 13.8 Å². The van der Waals surface area contributed by atoms with Crippen LogP contribution in [0.25, 0.3) is 0 Å². The third-order valence-corrected chi connectivity index (χ3v) is 3.65. The molecule has 0 heterocycles. The molecule has 5 heteroatoms. The van der Waals surface area contributed by atoms with Crippen molar-refractivity contribution in [2.24, 2.45) is 0 Å². The lowest BCUT2D eigenvalue weighted by Crippen LogP contribution is -2.12. The summed E-state index contributed by atoms with van der Waals surface area (Å²) in [6.07, 6.45) is 0. The van der Waals surface area contributed by atoms with E-state index in [0.29, 0.717) is 41.8 Å². The maximum Gasteiger partial charge on any atom is 0.255 e. The monoisotopic (exact) mass is 333 g/mol. The minimum Gasteiger partial charge on any atom is -0.491 e. The minimum absolute atomic E-state index is 0.189. The largest absolute Gasteiger partial charge is 0.491 e. The van der Waals surface area contributed by atoms with E-state index in [-0.39, 0.29) is 5.91 Å². The molecule has 0 aromatic heterocycles. The lowest BCUT2D eigenvalue weighted by atomic mass is 10.2. The van der Waals surface area contributed by atoms with E-state index in [4.69, 9.17) is 21.1 Å². The quantitative estimate of drug-likeness (QED) is 0.768. The fourth-order valence-electron chi connectivity index (χ4n) is 1.94. The molecule has 23 heavy (non-hydrogen) atoms. The Labute approximate surface area is 141 Å². The van der Waals surface area contributed by atoms with Gasteiger partial charge in [-0.05, 0) is 55.8 Å². The van der Waals surface area contributed by atoms with Gasteiger partial charge in [0.05, 0.1) is 6.61 Å². The Balaban J connectivity index is 1.93. The van der Waals surface area contributed by atoms with Crippen LogP contribution in [0.1, 0.15) is 22.8 Å². The second-order valence-electron chi connectivity index (χ2n) is 4.99. The van der Waals surface area contributed by atoms with Gasteiger partial charge in [0.25, 0.3) is 5.91 Å². The lowest BCUT2D eigenvalue weighted by molar-refractivity contribution is 0.102. The highest BCUT2D eigenvalue weighted by atomic mass is 35.5. The molecular weight excluding hydrogens is 314 g/mol. The van der Waals surface area contributed by atoms with Gasteiger partial charge in [0.1, 0.15) is 12.4 Å². The standard InChI is InChI=1S/C18H20ClNO3/c1-3-22-10-11-23-16-8-5-14(6-9-16)18(21)20-15-7-4-13(2)17(19)12-15/h4-9,12H,3,10-11H2,1-2H3,(H,20,21). The molecule has 1 N–H and O–H groups in total. The van der Waals surface area contributed by atoms with Crippen LogP contribution in [-0.4, -0.2) is 25.7 Å². The van der Waals surface area contributed by atoms with Gasteiger partial charge in [-0.25, -0.2) is 0 Å². The second kappa shape index (κ2) is 8.56. The van der Waals surface area contributed by atoms with Crippen LogP contribution in [0.15, 0.2) is 42.5 Å². The molecule has 0 aliphatic heterocycles. The number of aryl methyl sites for hydroxylation is 1. The van der Waals surface area contributed by atoms with Gasteiger partial charge >= 0.3 is 0 Å². The zero-order valence-corrected chi connectivity index (χ0v) is 14.0. The molecule has 0 bridgehead atoms. The molecular formula is C18H20ClNO3. The smallest absolute Gasteiger partial charge is 0.255 e. The molecule has 4 nitrogen and oxygen atoms in total. The first-order valence-electron chi connectivity index (χ1n) is 7.48. The third kappa shape index (κ3) is 5.27. The first-order valence-corrected chi connectivity index (χ1v) is 7.86. The summed E-state index contributed by atoms with van der Waals surface area (Å²) in [4.78, 5) is 12.2. The number of rotatable bonds is 7. The molecule has 0 atom stereocenters. The van der Waals surface area contributed by atoms with Gasteiger partial charge < -0.3 is 14.8 Å². The topological polar surface area (TPSA) is 47.6 Å². The molecule has 2 aromatic carbocycles. The number of nitrogens with one attached hydrogen (secondary N) is 1. The van der Waals surface area contributed by atoms with E-state index >= 15 is 0 Å². The molecule has 2 rings (SSSR count). The molecule has 0 unspecified atom stereocenters. The number of ether oxygens (including phenoxy) is 2. The summed E-state index contributed by atoms with van der Waals surface area (Å²) in [5, 5.41) is 3.45. The van der Waals surface area contributed by atoms with Gasteiger partial charge in [0.15, 0.2) is 0 Å². The van der Waals surface area contributed by atoms with Crippen molar-refractivity contribution < 1.29 is 14.3 Å². The first-order chi connectivity index (χ1) is 11.1. The average molecular weight is 334 g/mol. The zero-order valence-electron chi connectivity index (χ0n) is 13.3.